The summed E-state index contributed by atoms with van der Waals surface area (Å²) in [6, 6.07) is 7.57. The van der Waals surface area contributed by atoms with E-state index in [4.69, 9.17) is 4.42 Å². The van der Waals surface area contributed by atoms with E-state index in [1.807, 2.05) is 0 Å². The molecule has 1 unspecified atom stereocenters. The fraction of sp³-hybridized carbons (Fsp3) is 0.214. The highest BCUT2D eigenvalue weighted by molar-refractivity contribution is 9.10. The standard InChI is InChI=1S/C14H11BrF3NO3/c15-12-6-5-11(22-12)13(21)19-7-10(20)8-3-1-2-4-9(8)14(16,17)18/h1-6,10,20H,7H2,(H,19,21). The average molecular weight is 378 g/mol. The largest absolute Gasteiger partial charge is 0.444 e. The molecule has 1 atom stereocenters. The van der Waals surface area contributed by atoms with Crippen LogP contribution in [0, 0.1) is 0 Å². The first kappa shape index (κ1) is 16.6. The molecule has 0 aliphatic heterocycles. The van der Waals surface area contributed by atoms with Crippen LogP contribution in [-0.4, -0.2) is 17.6 Å². The maximum absolute atomic E-state index is 12.9. The number of aliphatic hydroxyl groups excluding tert-OH is 1. The lowest BCUT2D eigenvalue weighted by atomic mass is 10.0. The van der Waals surface area contributed by atoms with Crippen LogP contribution in [0.25, 0.3) is 0 Å². The van der Waals surface area contributed by atoms with Gasteiger partial charge in [0.1, 0.15) is 0 Å². The van der Waals surface area contributed by atoms with Gasteiger partial charge >= 0.3 is 6.18 Å². The molecule has 0 radical (unpaired) electrons. The molecule has 0 aliphatic carbocycles. The Balaban J connectivity index is 2.07. The van der Waals surface area contributed by atoms with E-state index in [0.717, 1.165) is 6.07 Å². The van der Waals surface area contributed by atoms with Crippen LogP contribution in [0.1, 0.15) is 27.8 Å². The molecule has 8 heteroatoms. The highest BCUT2D eigenvalue weighted by Crippen LogP contribution is 2.34. The average Bonchev–Trinajstić information content (AvgIpc) is 2.90. The minimum atomic E-state index is -4.58. The summed E-state index contributed by atoms with van der Waals surface area (Å²) < 4.78 is 43.9. The van der Waals surface area contributed by atoms with Gasteiger partial charge in [-0.05, 0) is 39.7 Å². The van der Waals surface area contributed by atoms with Crippen molar-refractivity contribution in [3.8, 4) is 0 Å². The first-order chi connectivity index (χ1) is 10.3. The van der Waals surface area contributed by atoms with Gasteiger partial charge in [0.05, 0.1) is 11.7 Å². The van der Waals surface area contributed by atoms with E-state index in [0.29, 0.717) is 4.67 Å². The van der Waals surface area contributed by atoms with Gasteiger partial charge in [0.15, 0.2) is 10.4 Å². The maximum Gasteiger partial charge on any atom is 0.416 e. The van der Waals surface area contributed by atoms with Gasteiger partial charge in [-0.25, -0.2) is 0 Å². The van der Waals surface area contributed by atoms with Gasteiger partial charge in [0.2, 0.25) is 0 Å². The van der Waals surface area contributed by atoms with Crippen LogP contribution in [0.2, 0.25) is 0 Å². The third kappa shape index (κ3) is 3.89. The van der Waals surface area contributed by atoms with Gasteiger partial charge in [0, 0.05) is 6.54 Å². The molecule has 0 bridgehead atoms. The zero-order valence-corrected chi connectivity index (χ0v) is 12.6. The Bertz CT molecular complexity index is 669. The summed E-state index contributed by atoms with van der Waals surface area (Å²) in [5, 5.41) is 12.2. The van der Waals surface area contributed by atoms with Gasteiger partial charge in [-0.3, -0.25) is 4.79 Å². The second-order valence-electron chi connectivity index (χ2n) is 4.41. The second-order valence-corrected chi connectivity index (χ2v) is 5.20. The molecule has 2 aromatic rings. The number of halogens is 4. The monoisotopic (exact) mass is 377 g/mol. The molecule has 1 aromatic heterocycles. The molecular weight excluding hydrogens is 367 g/mol. The van der Waals surface area contributed by atoms with E-state index in [2.05, 4.69) is 21.2 Å². The van der Waals surface area contributed by atoms with E-state index < -0.39 is 23.8 Å². The first-order valence-electron chi connectivity index (χ1n) is 6.17. The Morgan fingerprint density at radius 1 is 1.27 bits per heavy atom. The van der Waals surface area contributed by atoms with Crippen molar-refractivity contribution >= 4 is 21.8 Å². The summed E-state index contributed by atoms with van der Waals surface area (Å²) in [4.78, 5) is 11.7. The van der Waals surface area contributed by atoms with E-state index in [1.165, 1.54) is 30.3 Å². The number of furan rings is 1. The van der Waals surface area contributed by atoms with Crippen molar-refractivity contribution in [3.05, 3.63) is 58.0 Å². The van der Waals surface area contributed by atoms with Crippen molar-refractivity contribution in [2.75, 3.05) is 6.54 Å². The number of rotatable bonds is 4. The SMILES string of the molecule is O=C(NCC(O)c1ccccc1C(F)(F)F)c1ccc(Br)o1. The molecule has 4 nitrogen and oxygen atoms in total. The summed E-state index contributed by atoms with van der Waals surface area (Å²) in [5.41, 5.74) is -1.23. The summed E-state index contributed by atoms with van der Waals surface area (Å²) in [7, 11) is 0. The van der Waals surface area contributed by atoms with Crippen molar-refractivity contribution in [2.45, 2.75) is 12.3 Å². The maximum atomic E-state index is 12.9. The zero-order valence-electron chi connectivity index (χ0n) is 11.0. The summed E-state index contributed by atoms with van der Waals surface area (Å²) >= 11 is 3.03. The molecule has 1 aromatic carbocycles. The highest BCUT2D eigenvalue weighted by Gasteiger charge is 2.34. The molecule has 0 saturated carbocycles. The topological polar surface area (TPSA) is 62.5 Å². The van der Waals surface area contributed by atoms with Crippen LogP contribution in [0.15, 0.2) is 45.5 Å². The molecule has 118 valence electrons. The van der Waals surface area contributed by atoms with E-state index >= 15 is 0 Å². The molecule has 0 saturated heterocycles. The van der Waals surface area contributed by atoms with Crippen molar-refractivity contribution in [2.24, 2.45) is 0 Å². The predicted molar refractivity (Wildman–Crippen MR) is 75.1 cm³/mol. The van der Waals surface area contributed by atoms with Gasteiger partial charge in [-0.15, -0.1) is 0 Å². The number of carbonyl (C=O) groups is 1. The molecule has 2 N–H and O–H groups in total. The Kier molecular flexibility index (Phi) is 4.92. The van der Waals surface area contributed by atoms with Crippen LogP contribution in [0.4, 0.5) is 13.2 Å². The molecule has 2 rings (SSSR count). The van der Waals surface area contributed by atoms with E-state index in [1.54, 1.807) is 0 Å². The smallest absolute Gasteiger partial charge is 0.416 e. The Morgan fingerprint density at radius 2 is 1.95 bits per heavy atom. The number of aliphatic hydroxyl groups is 1. The number of amides is 1. The number of alkyl halides is 3. The minimum absolute atomic E-state index is 0.0109. The molecule has 1 heterocycles. The lowest BCUT2D eigenvalue weighted by Gasteiger charge is -2.17. The van der Waals surface area contributed by atoms with Gasteiger partial charge in [0.25, 0.3) is 5.91 Å². The van der Waals surface area contributed by atoms with Gasteiger partial charge < -0.3 is 14.8 Å². The molecule has 0 spiro atoms. The molecule has 0 fully saturated rings. The zero-order chi connectivity index (χ0) is 16.3. The quantitative estimate of drug-likeness (QED) is 0.856. The summed E-state index contributed by atoms with van der Waals surface area (Å²) in [6.07, 6.45) is -6.06. The number of hydrogen-bond acceptors (Lipinski definition) is 3. The number of hydrogen-bond donors (Lipinski definition) is 2. The fourth-order valence-corrected chi connectivity index (χ4v) is 2.18. The third-order valence-corrected chi connectivity index (χ3v) is 3.30. The van der Waals surface area contributed by atoms with E-state index in [-0.39, 0.29) is 17.9 Å². The Hall–Kier alpha value is -1.80. The highest BCUT2D eigenvalue weighted by atomic mass is 79.9. The minimum Gasteiger partial charge on any atom is -0.444 e. The molecule has 22 heavy (non-hydrogen) atoms. The number of benzene rings is 1. The van der Waals surface area contributed by atoms with Crippen LogP contribution in [0.5, 0.6) is 0 Å². The van der Waals surface area contributed by atoms with Crippen molar-refractivity contribution in [1.29, 1.82) is 0 Å². The molecule has 1 amide bonds. The predicted octanol–water partition coefficient (Wildman–Crippen LogP) is 3.52. The summed E-state index contributed by atoms with van der Waals surface area (Å²) in [5.74, 6) is -0.641. The van der Waals surface area contributed by atoms with Gasteiger partial charge in [-0.1, -0.05) is 18.2 Å². The number of carbonyl (C=O) groups excluding carboxylic acids is 1. The number of nitrogens with one attached hydrogen (secondary N) is 1. The van der Waals surface area contributed by atoms with E-state index in [9.17, 15) is 23.1 Å². The van der Waals surface area contributed by atoms with Crippen molar-refractivity contribution < 1.29 is 27.5 Å². The Labute approximate surface area is 132 Å². The fourth-order valence-electron chi connectivity index (χ4n) is 1.87. The van der Waals surface area contributed by atoms with Crippen molar-refractivity contribution in [1.82, 2.24) is 5.32 Å². The normalized spacial score (nSPS) is 13.0. The Morgan fingerprint density at radius 3 is 2.55 bits per heavy atom. The van der Waals surface area contributed by atoms with Crippen molar-refractivity contribution in [3.63, 3.8) is 0 Å². The van der Waals surface area contributed by atoms with Crippen LogP contribution in [0.3, 0.4) is 0 Å². The van der Waals surface area contributed by atoms with Crippen LogP contribution >= 0.6 is 15.9 Å². The van der Waals surface area contributed by atoms with Crippen LogP contribution in [-0.2, 0) is 6.18 Å². The van der Waals surface area contributed by atoms with Crippen LogP contribution < -0.4 is 5.32 Å². The molecule has 0 aliphatic rings. The molecular formula is C14H11BrF3NO3. The third-order valence-electron chi connectivity index (χ3n) is 2.88. The lowest BCUT2D eigenvalue weighted by Crippen LogP contribution is -2.29. The first-order valence-corrected chi connectivity index (χ1v) is 6.96. The second kappa shape index (κ2) is 6.53. The summed E-state index contributed by atoms with van der Waals surface area (Å²) in [6.45, 7) is -0.371. The van der Waals surface area contributed by atoms with Gasteiger partial charge in [-0.2, -0.15) is 13.2 Å². The lowest BCUT2D eigenvalue weighted by molar-refractivity contribution is -0.139.